The van der Waals surface area contributed by atoms with Gasteiger partial charge in [-0.3, -0.25) is 4.90 Å². The van der Waals surface area contributed by atoms with Crippen LogP contribution >= 0.6 is 12.2 Å². The summed E-state index contributed by atoms with van der Waals surface area (Å²) >= 11 is 5.63. The number of ether oxygens (including phenoxy) is 5. The van der Waals surface area contributed by atoms with Gasteiger partial charge < -0.3 is 38.3 Å². The molecule has 1 aliphatic rings. The molecule has 1 aliphatic heterocycles. The second-order valence-corrected chi connectivity index (χ2v) is 9.45. The van der Waals surface area contributed by atoms with Crippen molar-refractivity contribution in [1.29, 1.82) is 0 Å². The number of allylic oxidation sites excluding steroid dienone is 1. The molecule has 36 heavy (non-hydrogen) atoms. The van der Waals surface area contributed by atoms with Crippen LogP contribution in [-0.2, 0) is 32.0 Å². The number of imidazole rings is 1. The van der Waals surface area contributed by atoms with Crippen LogP contribution in [0.15, 0.2) is 23.8 Å². The van der Waals surface area contributed by atoms with Crippen LogP contribution in [0.4, 0.5) is 0 Å². The minimum atomic E-state index is 0.0296. The summed E-state index contributed by atoms with van der Waals surface area (Å²) in [6, 6.07) is 4.42. The van der Waals surface area contributed by atoms with Gasteiger partial charge in [-0.25, -0.2) is 0 Å². The highest BCUT2D eigenvalue weighted by Crippen LogP contribution is 2.32. The molecule has 0 spiro atoms. The molecule has 0 saturated carbocycles. The van der Waals surface area contributed by atoms with Gasteiger partial charge in [-0.15, -0.1) is 0 Å². The Bertz CT molecular complexity index is 1020. The maximum absolute atomic E-state index is 8.62. The zero-order chi connectivity index (χ0) is 25.8. The van der Waals surface area contributed by atoms with Crippen LogP contribution in [-0.4, -0.2) is 98.2 Å². The number of benzene rings is 1. The van der Waals surface area contributed by atoms with E-state index in [2.05, 4.69) is 41.3 Å². The van der Waals surface area contributed by atoms with Gasteiger partial charge in [0.1, 0.15) is 12.4 Å². The fourth-order valence-corrected chi connectivity index (χ4v) is 4.37. The third kappa shape index (κ3) is 8.65. The summed E-state index contributed by atoms with van der Waals surface area (Å²) in [6.07, 6.45) is 2.27. The number of aliphatic hydroxyl groups excluding tert-OH is 1. The lowest BCUT2D eigenvalue weighted by Crippen LogP contribution is -2.34. The van der Waals surface area contributed by atoms with Gasteiger partial charge in [-0.05, 0) is 45.1 Å². The maximum Gasteiger partial charge on any atom is 0.178 e. The molecule has 0 fully saturated rings. The van der Waals surface area contributed by atoms with E-state index in [1.54, 1.807) is 0 Å². The average molecular weight is 524 g/mol. The van der Waals surface area contributed by atoms with Crippen molar-refractivity contribution in [3.63, 3.8) is 0 Å². The number of nitrogens with zero attached hydrogens (tertiary/aromatic N) is 2. The number of aromatic nitrogens is 2. The molecular formula is C26H41N3O6S. The summed E-state index contributed by atoms with van der Waals surface area (Å²) < 4.78 is 30.8. The molecule has 0 unspecified atom stereocenters. The number of aromatic amines is 1. The first-order chi connectivity index (χ1) is 17.5. The van der Waals surface area contributed by atoms with E-state index in [1.807, 2.05) is 12.1 Å². The van der Waals surface area contributed by atoms with Gasteiger partial charge in [0, 0.05) is 31.2 Å². The van der Waals surface area contributed by atoms with E-state index in [9.17, 15) is 0 Å². The second kappa shape index (κ2) is 15.5. The van der Waals surface area contributed by atoms with E-state index in [4.69, 9.17) is 41.0 Å². The standard InChI is InChI=1S/C26H41N3O6S/c1-20(2)6-7-28-19-22-24(5-4-23-25(22)29(18-21(28)3)26(36)27-23)35-17-16-34-15-14-33-13-12-32-11-10-31-9-8-30/h4-6,21,30H,7-19H2,1-3H3,(H,27,36)/t21-/m0/s1. The van der Waals surface area contributed by atoms with Crippen molar-refractivity contribution in [2.75, 3.05) is 72.6 Å². The van der Waals surface area contributed by atoms with E-state index in [-0.39, 0.29) is 6.61 Å². The third-order valence-corrected chi connectivity index (χ3v) is 6.32. The molecule has 1 atom stereocenters. The fourth-order valence-electron chi connectivity index (χ4n) is 4.09. The maximum atomic E-state index is 8.62. The zero-order valence-corrected chi connectivity index (χ0v) is 22.6. The lowest BCUT2D eigenvalue weighted by atomic mass is 10.1. The zero-order valence-electron chi connectivity index (χ0n) is 21.8. The Balaban J connectivity index is 1.44. The molecule has 1 aromatic carbocycles. The van der Waals surface area contributed by atoms with Gasteiger partial charge in [0.15, 0.2) is 4.77 Å². The summed E-state index contributed by atoms with van der Waals surface area (Å²) in [4.78, 5) is 5.82. The first kappa shape index (κ1) is 28.8. The van der Waals surface area contributed by atoms with Crippen LogP contribution in [0, 0.1) is 4.77 Å². The van der Waals surface area contributed by atoms with E-state index in [0.29, 0.717) is 65.5 Å². The molecule has 0 bridgehead atoms. The monoisotopic (exact) mass is 523 g/mol. The first-order valence-electron chi connectivity index (χ1n) is 12.7. The number of H-pyrrole nitrogens is 1. The van der Waals surface area contributed by atoms with Crippen LogP contribution in [0.1, 0.15) is 26.3 Å². The SMILES string of the molecule is CC(C)=CCN1Cc2c(OCCOCCOCCOCCOCCO)ccc3[nH]c(=S)n(c23)C[C@@H]1C. The predicted molar refractivity (Wildman–Crippen MR) is 142 cm³/mol. The fraction of sp³-hybridized carbons (Fsp3) is 0.654. The highest BCUT2D eigenvalue weighted by molar-refractivity contribution is 7.71. The molecule has 2 aromatic rings. The molecule has 2 N–H and O–H groups in total. The third-order valence-electron chi connectivity index (χ3n) is 6.00. The normalized spacial score (nSPS) is 15.8. The highest BCUT2D eigenvalue weighted by Gasteiger charge is 2.25. The molecule has 2 heterocycles. The summed E-state index contributed by atoms with van der Waals surface area (Å²) in [5.41, 5.74) is 4.67. The summed E-state index contributed by atoms with van der Waals surface area (Å²) in [6.45, 7) is 13.4. The van der Waals surface area contributed by atoms with Gasteiger partial charge >= 0.3 is 0 Å². The summed E-state index contributed by atoms with van der Waals surface area (Å²) in [5.74, 6) is 0.876. The van der Waals surface area contributed by atoms with E-state index in [1.165, 1.54) is 5.57 Å². The Kier molecular flexibility index (Phi) is 12.4. The van der Waals surface area contributed by atoms with Crippen molar-refractivity contribution in [1.82, 2.24) is 14.5 Å². The molecule has 202 valence electrons. The first-order valence-corrected chi connectivity index (χ1v) is 13.1. The van der Waals surface area contributed by atoms with Gasteiger partial charge in [0.2, 0.25) is 0 Å². The van der Waals surface area contributed by atoms with E-state index < -0.39 is 0 Å². The Morgan fingerprint density at radius 2 is 1.61 bits per heavy atom. The molecule has 1 aromatic heterocycles. The van der Waals surface area contributed by atoms with Crippen LogP contribution in [0.2, 0.25) is 0 Å². The van der Waals surface area contributed by atoms with Crippen LogP contribution in [0.3, 0.4) is 0 Å². The van der Waals surface area contributed by atoms with E-state index >= 15 is 0 Å². The smallest absolute Gasteiger partial charge is 0.178 e. The largest absolute Gasteiger partial charge is 0.491 e. The minimum absolute atomic E-state index is 0.0296. The van der Waals surface area contributed by atoms with Crippen LogP contribution in [0.25, 0.3) is 11.0 Å². The van der Waals surface area contributed by atoms with Crippen molar-refractivity contribution in [2.45, 2.75) is 39.9 Å². The lowest BCUT2D eigenvalue weighted by molar-refractivity contribution is -0.00782. The number of nitrogens with one attached hydrogen (secondary N) is 1. The minimum Gasteiger partial charge on any atom is -0.491 e. The Morgan fingerprint density at radius 1 is 1.00 bits per heavy atom. The Morgan fingerprint density at radius 3 is 2.22 bits per heavy atom. The summed E-state index contributed by atoms with van der Waals surface area (Å²) in [7, 11) is 0. The molecule has 0 aliphatic carbocycles. The Labute approximate surface area is 218 Å². The quantitative estimate of drug-likeness (QED) is 0.185. The van der Waals surface area contributed by atoms with Crippen molar-refractivity contribution in [3.8, 4) is 5.75 Å². The van der Waals surface area contributed by atoms with Crippen LogP contribution in [0.5, 0.6) is 5.75 Å². The van der Waals surface area contributed by atoms with Crippen molar-refractivity contribution < 1.29 is 28.8 Å². The molecular weight excluding hydrogens is 482 g/mol. The molecule has 0 saturated heterocycles. The van der Waals surface area contributed by atoms with Gasteiger partial charge in [0.25, 0.3) is 0 Å². The average Bonchev–Trinajstić information content (AvgIpc) is 3.07. The number of hydrogen-bond donors (Lipinski definition) is 2. The van der Waals surface area contributed by atoms with Crippen molar-refractivity contribution >= 4 is 23.3 Å². The Hall–Kier alpha value is -1.79. The number of aliphatic hydroxyl groups is 1. The van der Waals surface area contributed by atoms with Gasteiger partial charge in [-0.1, -0.05) is 11.6 Å². The predicted octanol–water partition coefficient (Wildman–Crippen LogP) is 3.31. The van der Waals surface area contributed by atoms with E-state index in [0.717, 1.165) is 46.8 Å². The van der Waals surface area contributed by atoms with Crippen LogP contribution < -0.4 is 4.74 Å². The topological polar surface area (TPSA) is 90.3 Å². The van der Waals surface area contributed by atoms with Crippen molar-refractivity contribution in [3.05, 3.63) is 34.1 Å². The molecule has 3 rings (SSSR count). The molecule has 0 radical (unpaired) electrons. The van der Waals surface area contributed by atoms with Gasteiger partial charge in [0.05, 0.1) is 70.5 Å². The lowest BCUT2D eigenvalue weighted by Gasteiger charge is -2.26. The molecule has 0 amide bonds. The number of rotatable bonds is 17. The van der Waals surface area contributed by atoms with Crippen molar-refractivity contribution in [2.24, 2.45) is 0 Å². The summed E-state index contributed by atoms with van der Waals surface area (Å²) in [5, 5.41) is 8.62. The van der Waals surface area contributed by atoms with Gasteiger partial charge in [-0.2, -0.15) is 0 Å². The molecule has 10 heteroatoms. The highest BCUT2D eigenvalue weighted by atomic mass is 32.1. The molecule has 9 nitrogen and oxygen atoms in total. The second-order valence-electron chi connectivity index (χ2n) is 9.06. The number of hydrogen-bond acceptors (Lipinski definition) is 8.